The van der Waals surface area contributed by atoms with E-state index in [-0.39, 0.29) is 18.4 Å². The fraction of sp³-hybridized carbons (Fsp3) is 0.462. The van der Waals surface area contributed by atoms with Crippen molar-refractivity contribution in [2.24, 2.45) is 5.73 Å². The second-order valence-electron chi connectivity index (χ2n) is 4.73. The third-order valence-electron chi connectivity index (χ3n) is 2.13. The molecule has 1 unspecified atom stereocenters. The molecule has 2 N–H and O–H groups in total. The quantitative estimate of drug-likeness (QED) is 0.795. The molecule has 0 bridgehead atoms. The number of hydrogen-bond donors (Lipinski definition) is 1. The molecule has 0 fully saturated rings. The number of carbonyl (C=O) groups is 1. The van der Waals surface area contributed by atoms with Gasteiger partial charge in [0, 0.05) is 6.54 Å². The molecule has 0 saturated carbocycles. The van der Waals surface area contributed by atoms with Gasteiger partial charge in [-0.1, -0.05) is 30.3 Å². The maximum Gasteiger partial charge on any atom is 0.315 e. The van der Waals surface area contributed by atoms with Gasteiger partial charge in [-0.25, -0.2) is 0 Å². The van der Waals surface area contributed by atoms with E-state index in [1.807, 2.05) is 51.1 Å². The van der Waals surface area contributed by atoms with Crippen LogP contribution in [0.15, 0.2) is 30.3 Å². The van der Waals surface area contributed by atoms with Crippen LogP contribution in [-0.4, -0.2) is 18.1 Å². The van der Waals surface area contributed by atoms with E-state index in [9.17, 15) is 4.79 Å². The third-order valence-corrected chi connectivity index (χ3v) is 2.13. The topological polar surface area (TPSA) is 52.3 Å². The van der Waals surface area contributed by atoms with Crippen LogP contribution in [0.5, 0.6) is 0 Å². The first-order valence-electron chi connectivity index (χ1n) is 5.42. The number of esters is 1. The SMILES string of the molecule is CC(C)(C)OC(=O)C(CN)c1ccccc1. The summed E-state index contributed by atoms with van der Waals surface area (Å²) in [6.45, 7) is 5.81. The standard InChI is InChI=1S/C13H19NO2/c1-13(2,3)16-12(15)11(9-14)10-7-5-4-6-8-10/h4-8,11H,9,14H2,1-3H3. The molecule has 1 rings (SSSR count). The number of benzene rings is 1. The van der Waals surface area contributed by atoms with E-state index < -0.39 is 5.60 Å². The molecular weight excluding hydrogens is 202 g/mol. The Labute approximate surface area is 96.6 Å². The summed E-state index contributed by atoms with van der Waals surface area (Å²) in [5, 5.41) is 0. The lowest BCUT2D eigenvalue weighted by Crippen LogP contribution is -2.31. The van der Waals surface area contributed by atoms with Crippen molar-refractivity contribution < 1.29 is 9.53 Å². The number of hydrogen-bond acceptors (Lipinski definition) is 3. The fourth-order valence-corrected chi connectivity index (χ4v) is 1.43. The van der Waals surface area contributed by atoms with Gasteiger partial charge in [0.15, 0.2) is 0 Å². The maximum absolute atomic E-state index is 11.9. The lowest BCUT2D eigenvalue weighted by Gasteiger charge is -2.23. The normalized spacial score (nSPS) is 13.2. The molecule has 3 heteroatoms. The van der Waals surface area contributed by atoms with E-state index in [0.717, 1.165) is 5.56 Å². The fourth-order valence-electron chi connectivity index (χ4n) is 1.43. The van der Waals surface area contributed by atoms with Gasteiger partial charge in [0.25, 0.3) is 0 Å². The highest BCUT2D eigenvalue weighted by Crippen LogP contribution is 2.19. The Morgan fingerprint density at radius 3 is 2.31 bits per heavy atom. The summed E-state index contributed by atoms with van der Waals surface area (Å²) >= 11 is 0. The molecule has 0 heterocycles. The first-order chi connectivity index (χ1) is 7.44. The van der Waals surface area contributed by atoms with Crippen LogP contribution in [0.4, 0.5) is 0 Å². The summed E-state index contributed by atoms with van der Waals surface area (Å²) in [5.74, 6) is -0.637. The molecule has 1 atom stereocenters. The molecule has 0 amide bonds. The average molecular weight is 221 g/mol. The zero-order valence-corrected chi connectivity index (χ0v) is 10.1. The number of nitrogens with two attached hydrogens (primary N) is 1. The summed E-state index contributed by atoms with van der Waals surface area (Å²) in [5.41, 5.74) is 6.05. The summed E-state index contributed by atoms with van der Waals surface area (Å²) in [6.07, 6.45) is 0. The van der Waals surface area contributed by atoms with Crippen LogP contribution < -0.4 is 5.73 Å². The predicted octanol–water partition coefficient (Wildman–Crippen LogP) is 2.07. The molecule has 0 radical (unpaired) electrons. The van der Waals surface area contributed by atoms with Crippen molar-refractivity contribution in [2.75, 3.05) is 6.54 Å². The van der Waals surface area contributed by atoms with Crippen molar-refractivity contribution >= 4 is 5.97 Å². The van der Waals surface area contributed by atoms with Gasteiger partial charge < -0.3 is 10.5 Å². The van der Waals surface area contributed by atoms with Crippen LogP contribution in [0.3, 0.4) is 0 Å². The minimum Gasteiger partial charge on any atom is -0.459 e. The first kappa shape index (κ1) is 12.7. The second kappa shape index (κ2) is 5.12. The van der Waals surface area contributed by atoms with Crippen LogP contribution in [0.25, 0.3) is 0 Å². The number of carbonyl (C=O) groups excluding carboxylic acids is 1. The summed E-state index contributed by atoms with van der Waals surface area (Å²) in [4.78, 5) is 11.9. The van der Waals surface area contributed by atoms with Gasteiger partial charge in [-0.05, 0) is 26.3 Å². The van der Waals surface area contributed by atoms with Crippen molar-refractivity contribution in [2.45, 2.75) is 32.3 Å². The lowest BCUT2D eigenvalue weighted by atomic mass is 9.99. The second-order valence-corrected chi connectivity index (χ2v) is 4.73. The Balaban J connectivity index is 2.80. The minimum atomic E-state index is -0.473. The molecule has 0 aliphatic rings. The first-order valence-corrected chi connectivity index (χ1v) is 5.42. The molecule has 0 saturated heterocycles. The highest BCUT2D eigenvalue weighted by atomic mass is 16.6. The van der Waals surface area contributed by atoms with Crippen LogP contribution in [0.1, 0.15) is 32.3 Å². The third kappa shape index (κ3) is 3.66. The molecule has 0 spiro atoms. The van der Waals surface area contributed by atoms with Gasteiger partial charge >= 0.3 is 5.97 Å². The van der Waals surface area contributed by atoms with Crippen LogP contribution >= 0.6 is 0 Å². The Kier molecular flexibility index (Phi) is 4.07. The van der Waals surface area contributed by atoms with Gasteiger partial charge in [-0.3, -0.25) is 4.79 Å². The largest absolute Gasteiger partial charge is 0.459 e. The molecule has 1 aromatic carbocycles. The number of ether oxygens (including phenoxy) is 1. The molecule has 0 aliphatic heterocycles. The van der Waals surface area contributed by atoms with Crippen molar-refractivity contribution in [3.63, 3.8) is 0 Å². The zero-order chi connectivity index (χ0) is 12.2. The van der Waals surface area contributed by atoms with Gasteiger partial charge in [-0.2, -0.15) is 0 Å². The van der Waals surface area contributed by atoms with E-state index in [1.165, 1.54) is 0 Å². The monoisotopic (exact) mass is 221 g/mol. The van der Waals surface area contributed by atoms with Gasteiger partial charge in [0.05, 0.1) is 5.92 Å². The minimum absolute atomic E-state index is 0.263. The predicted molar refractivity (Wildman–Crippen MR) is 64.1 cm³/mol. The Bertz CT molecular complexity index is 341. The highest BCUT2D eigenvalue weighted by molar-refractivity contribution is 5.78. The van der Waals surface area contributed by atoms with Crippen molar-refractivity contribution in [1.29, 1.82) is 0 Å². The molecule has 3 nitrogen and oxygen atoms in total. The van der Waals surface area contributed by atoms with Crippen LogP contribution in [-0.2, 0) is 9.53 Å². The lowest BCUT2D eigenvalue weighted by molar-refractivity contribution is -0.156. The van der Waals surface area contributed by atoms with E-state index in [1.54, 1.807) is 0 Å². The summed E-state index contributed by atoms with van der Waals surface area (Å²) in [6, 6.07) is 9.47. The molecule has 16 heavy (non-hydrogen) atoms. The Hall–Kier alpha value is -1.35. The van der Waals surface area contributed by atoms with Crippen LogP contribution in [0.2, 0.25) is 0 Å². The molecule has 1 aromatic rings. The Morgan fingerprint density at radius 2 is 1.88 bits per heavy atom. The van der Waals surface area contributed by atoms with Gasteiger partial charge in [0.2, 0.25) is 0 Å². The van der Waals surface area contributed by atoms with Crippen molar-refractivity contribution in [1.82, 2.24) is 0 Å². The summed E-state index contributed by atoms with van der Waals surface area (Å²) in [7, 11) is 0. The molecule has 0 aliphatic carbocycles. The van der Waals surface area contributed by atoms with E-state index >= 15 is 0 Å². The van der Waals surface area contributed by atoms with E-state index in [0.29, 0.717) is 0 Å². The van der Waals surface area contributed by atoms with Gasteiger partial charge in [0.1, 0.15) is 5.60 Å². The molecule has 0 aromatic heterocycles. The van der Waals surface area contributed by atoms with Crippen molar-refractivity contribution in [3.05, 3.63) is 35.9 Å². The molecular formula is C13H19NO2. The zero-order valence-electron chi connectivity index (χ0n) is 10.1. The Morgan fingerprint density at radius 1 is 1.31 bits per heavy atom. The summed E-state index contributed by atoms with van der Waals surface area (Å²) < 4.78 is 5.33. The van der Waals surface area contributed by atoms with E-state index in [4.69, 9.17) is 10.5 Å². The van der Waals surface area contributed by atoms with E-state index in [2.05, 4.69) is 0 Å². The van der Waals surface area contributed by atoms with Gasteiger partial charge in [-0.15, -0.1) is 0 Å². The number of rotatable bonds is 3. The molecule has 88 valence electrons. The highest BCUT2D eigenvalue weighted by Gasteiger charge is 2.25. The maximum atomic E-state index is 11.9. The van der Waals surface area contributed by atoms with Crippen molar-refractivity contribution in [3.8, 4) is 0 Å². The average Bonchev–Trinajstić information content (AvgIpc) is 2.17. The van der Waals surface area contributed by atoms with Crippen LogP contribution in [0, 0.1) is 0 Å². The smallest absolute Gasteiger partial charge is 0.315 e.